The Morgan fingerprint density at radius 2 is 2.16 bits per heavy atom. The van der Waals surface area contributed by atoms with E-state index in [1.807, 2.05) is 0 Å². The van der Waals surface area contributed by atoms with E-state index in [2.05, 4.69) is 34.8 Å². The van der Waals surface area contributed by atoms with Crippen molar-refractivity contribution in [3.05, 3.63) is 26.3 Å². The van der Waals surface area contributed by atoms with Gasteiger partial charge in [-0.15, -0.1) is 0 Å². The Bertz CT molecular complexity index is 484. The van der Waals surface area contributed by atoms with Crippen LogP contribution in [0.4, 0.5) is 0 Å². The normalized spacial score (nSPS) is 23.5. The molecule has 1 saturated carbocycles. The van der Waals surface area contributed by atoms with Crippen molar-refractivity contribution < 1.29 is 0 Å². The van der Waals surface area contributed by atoms with Crippen LogP contribution in [0.3, 0.4) is 0 Å². The lowest BCUT2D eigenvalue weighted by Gasteiger charge is -2.27. The van der Waals surface area contributed by atoms with E-state index in [0.717, 1.165) is 36.7 Å². The maximum absolute atomic E-state index is 12.0. The van der Waals surface area contributed by atoms with Gasteiger partial charge in [0.25, 0.3) is 5.56 Å². The Morgan fingerprint density at radius 3 is 2.84 bits per heavy atom. The molecule has 1 fully saturated rings. The van der Waals surface area contributed by atoms with Crippen LogP contribution in [0.2, 0.25) is 0 Å². The van der Waals surface area contributed by atoms with Crippen molar-refractivity contribution in [2.24, 2.45) is 5.92 Å². The van der Waals surface area contributed by atoms with Gasteiger partial charge in [0, 0.05) is 5.92 Å². The number of aromatic nitrogens is 2. The molecule has 1 aliphatic carbocycles. The average Bonchev–Trinajstić information content (AvgIpc) is 2.44. The van der Waals surface area contributed by atoms with Gasteiger partial charge in [-0.1, -0.05) is 39.5 Å². The highest BCUT2D eigenvalue weighted by Crippen LogP contribution is 2.36. The number of hydrogen-bond acceptors (Lipinski definition) is 2. The fourth-order valence-corrected chi connectivity index (χ4v) is 3.42. The molecule has 0 aromatic carbocycles. The van der Waals surface area contributed by atoms with E-state index in [1.165, 1.54) is 25.7 Å². The first-order chi connectivity index (χ1) is 9.15. The molecule has 2 unspecified atom stereocenters. The van der Waals surface area contributed by atoms with E-state index in [-0.39, 0.29) is 5.56 Å². The smallest absolute Gasteiger partial charge is 0.265 e. The standard InChI is InChI=1S/C15H23BrN2O/c1-3-6-12-13(16)15(19)18-14(17-12)11-8-5-7-10(4-2)9-11/h10-11H,3-9H2,1-2H3,(H,17,18,19). The predicted octanol–water partition coefficient (Wildman–Crippen LogP) is 4.17. The van der Waals surface area contributed by atoms with Crippen LogP contribution in [0.15, 0.2) is 9.27 Å². The van der Waals surface area contributed by atoms with Gasteiger partial charge >= 0.3 is 0 Å². The maximum Gasteiger partial charge on any atom is 0.265 e. The number of halogens is 1. The molecule has 1 aromatic heterocycles. The average molecular weight is 327 g/mol. The largest absolute Gasteiger partial charge is 0.309 e. The Labute approximate surface area is 123 Å². The van der Waals surface area contributed by atoms with E-state index in [0.29, 0.717) is 10.4 Å². The van der Waals surface area contributed by atoms with Gasteiger partial charge in [-0.2, -0.15) is 0 Å². The van der Waals surface area contributed by atoms with E-state index in [4.69, 9.17) is 4.98 Å². The molecular weight excluding hydrogens is 304 g/mol. The van der Waals surface area contributed by atoms with Crippen LogP contribution in [0.25, 0.3) is 0 Å². The molecule has 0 aliphatic heterocycles. The van der Waals surface area contributed by atoms with E-state index < -0.39 is 0 Å². The summed E-state index contributed by atoms with van der Waals surface area (Å²) in [5, 5.41) is 0. The summed E-state index contributed by atoms with van der Waals surface area (Å²) in [6.45, 7) is 4.37. The molecule has 1 N–H and O–H groups in total. The van der Waals surface area contributed by atoms with Gasteiger partial charge in [0.15, 0.2) is 0 Å². The van der Waals surface area contributed by atoms with Gasteiger partial charge in [-0.05, 0) is 41.1 Å². The van der Waals surface area contributed by atoms with Crippen LogP contribution in [-0.4, -0.2) is 9.97 Å². The Balaban J connectivity index is 2.26. The van der Waals surface area contributed by atoms with E-state index in [9.17, 15) is 4.79 Å². The first-order valence-electron chi connectivity index (χ1n) is 7.44. The number of nitrogens with one attached hydrogen (secondary N) is 1. The van der Waals surface area contributed by atoms with Crippen molar-refractivity contribution >= 4 is 15.9 Å². The van der Waals surface area contributed by atoms with Crippen molar-refractivity contribution in [1.29, 1.82) is 0 Å². The molecule has 0 bridgehead atoms. The Kier molecular flexibility index (Phi) is 5.20. The molecular formula is C15H23BrN2O. The van der Waals surface area contributed by atoms with Crippen molar-refractivity contribution in [2.45, 2.75) is 64.7 Å². The van der Waals surface area contributed by atoms with Crippen molar-refractivity contribution in [3.63, 3.8) is 0 Å². The summed E-state index contributed by atoms with van der Waals surface area (Å²) in [5.41, 5.74) is 0.895. The molecule has 4 heteroatoms. The Hall–Kier alpha value is -0.640. The monoisotopic (exact) mass is 326 g/mol. The van der Waals surface area contributed by atoms with Gasteiger partial charge in [0.1, 0.15) is 10.3 Å². The number of rotatable bonds is 4. The molecule has 0 spiro atoms. The highest BCUT2D eigenvalue weighted by atomic mass is 79.9. The third-order valence-electron chi connectivity index (χ3n) is 4.18. The minimum Gasteiger partial charge on any atom is -0.309 e. The molecule has 0 radical (unpaired) electrons. The number of aromatic amines is 1. The Morgan fingerprint density at radius 1 is 1.37 bits per heavy atom. The third-order valence-corrected chi connectivity index (χ3v) is 5.00. The van der Waals surface area contributed by atoms with Gasteiger partial charge in [0.2, 0.25) is 0 Å². The molecule has 1 heterocycles. The molecule has 0 saturated heterocycles. The minimum atomic E-state index is -0.0212. The molecule has 1 aromatic rings. The molecule has 19 heavy (non-hydrogen) atoms. The fraction of sp³-hybridized carbons (Fsp3) is 0.733. The van der Waals surface area contributed by atoms with Crippen LogP contribution in [0.5, 0.6) is 0 Å². The predicted molar refractivity (Wildman–Crippen MR) is 81.5 cm³/mol. The highest BCUT2D eigenvalue weighted by molar-refractivity contribution is 9.10. The van der Waals surface area contributed by atoms with Crippen LogP contribution in [0.1, 0.15) is 69.8 Å². The van der Waals surface area contributed by atoms with Gasteiger partial charge in [0.05, 0.1) is 5.69 Å². The first-order valence-corrected chi connectivity index (χ1v) is 8.23. The summed E-state index contributed by atoms with van der Waals surface area (Å²) >= 11 is 3.36. The first kappa shape index (κ1) is 14.8. The summed E-state index contributed by atoms with van der Waals surface area (Å²) in [7, 11) is 0. The van der Waals surface area contributed by atoms with Crippen LogP contribution in [0, 0.1) is 5.92 Å². The summed E-state index contributed by atoms with van der Waals surface area (Å²) in [4.78, 5) is 19.7. The summed E-state index contributed by atoms with van der Waals surface area (Å²) in [6, 6.07) is 0. The van der Waals surface area contributed by atoms with Gasteiger partial charge < -0.3 is 4.98 Å². The van der Waals surface area contributed by atoms with Crippen molar-refractivity contribution in [3.8, 4) is 0 Å². The molecule has 0 amide bonds. The number of H-pyrrole nitrogens is 1. The van der Waals surface area contributed by atoms with Crippen LogP contribution < -0.4 is 5.56 Å². The van der Waals surface area contributed by atoms with Gasteiger partial charge in [-0.25, -0.2) is 4.98 Å². The molecule has 106 valence electrons. The number of aryl methyl sites for hydroxylation is 1. The van der Waals surface area contributed by atoms with Crippen LogP contribution in [-0.2, 0) is 6.42 Å². The van der Waals surface area contributed by atoms with Crippen molar-refractivity contribution in [2.75, 3.05) is 0 Å². The summed E-state index contributed by atoms with van der Waals surface area (Å²) < 4.78 is 0.612. The van der Waals surface area contributed by atoms with Crippen LogP contribution >= 0.6 is 15.9 Å². The zero-order chi connectivity index (χ0) is 13.8. The topological polar surface area (TPSA) is 45.8 Å². The molecule has 2 rings (SSSR count). The lowest BCUT2D eigenvalue weighted by atomic mass is 9.80. The van der Waals surface area contributed by atoms with Gasteiger partial charge in [-0.3, -0.25) is 4.79 Å². The third kappa shape index (κ3) is 3.47. The maximum atomic E-state index is 12.0. The SMILES string of the molecule is CCCc1nc(C2CCCC(CC)C2)[nH]c(=O)c1Br. The van der Waals surface area contributed by atoms with E-state index in [1.54, 1.807) is 0 Å². The lowest BCUT2D eigenvalue weighted by Crippen LogP contribution is -2.21. The minimum absolute atomic E-state index is 0.0212. The molecule has 2 atom stereocenters. The quantitative estimate of drug-likeness (QED) is 0.902. The zero-order valence-corrected chi connectivity index (χ0v) is 13.4. The lowest BCUT2D eigenvalue weighted by molar-refractivity contribution is 0.306. The highest BCUT2D eigenvalue weighted by Gasteiger charge is 2.24. The summed E-state index contributed by atoms with van der Waals surface area (Å²) in [6.07, 6.45) is 8.03. The number of hydrogen-bond donors (Lipinski definition) is 1. The fourth-order valence-electron chi connectivity index (χ4n) is 3.03. The van der Waals surface area contributed by atoms with Crippen molar-refractivity contribution in [1.82, 2.24) is 9.97 Å². The second-order valence-electron chi connectivity index (χ2n) is 5.60. The number of nitrogens with zero attached hydrogens (tertiary/aromatic N) is 1. The second kappa shape index (κ2) is 6.69. The van der Waals surface area contributed by atoms with E-state index >= 15 is 0 Å². The summed E-state index contributed by atoms with van der Waals surface area (Å²) in [5.74, 6) is 2.15. The second-order valence-corrected chi connectivity index (χ2v) is 6.39. The molecule has 1 aliphatic rings. The molecule has 3 nitrogen and oxygen atoms in total. The zero-order valence-electron chi connectivity index (χ0n) is 11.8.